The number of carboxylic acid groups (broad SMARTS) is 2. The lowest BCUT2D eigenvalue weighted by Crippen LogP contribution is -2.17. The summed E-state index contributed by atoms with van der Waals surface area (Å²) in [5.41, 5.74) is 8.55. The van der Waals surface area contributed by atoms with Gasteiger partial charge in [0, 0.05) is 53.0 Å². The lowest BCUT2D eigenvalue weighted by atomic mass is 9.91. The highest BCUT2D eigenvalue weighted by atomic mass is 32.1. The Hall–Kier alpha value is -3.86. The number of rotatable bonds is 12. The van der Waals surface area contributed by atoms with Gasteiger partial charge >= 0.3 is 11.9 Å². The van der Waals surface area contributed by atoms with E-state index < -0.39 is 23.2 Å². The summed E-state index contributed by atoms with van der Waals surface area (Å²) in [6, 6.07) is -0.520. The number of aliphatic carboxylic acids is 2. The predicted molar refractivity (Wildman–Crippen MR) is 172 cm³/mol. The maximum absolute atomic E-state index is 12.4. The number of hydrogen-bond donors (Lipinski definition) is 6. The SMILES string of the molecule is CCC1=C(C)/C(=C\C2=NC(C(S)c3[nH]c(/C=C4\NC(=O)C(C)C4CC)c(C)c3CCC(=O)O)C(CCC(=O)O)=C2C)NC1=O. The predicted octanol–water partition coefficient (Wildman–Crippen LogP) is 5.19. The van der Waals surface area contributed by atoms with Gasteiger partial charge in [-0.2, -0.15) is 12.6 Å². The molecule has 1 saturated heterocycles. The minimum absolute atomic E-state index is 0.0223. The molecule has 0 bridgehead atoms. The Morgan fingerprint density at radius 2 is 1.66 bits per heavy atom. The third-order valence-corrected chi connectivity index (χ3v) is 9.72. The summed E-state index contributed by atoms with van der Waals surface area (Å²) in [7, 11) is 0. The summed E-state index contributed by atoms with van der Waals surface area (Å²) >= 11 is 5.04. The summed E-state index contributed by atoms with van der Waals surface area (Å²) in [5.74, 6) is -2.10. The molecule has 4 unspecified atom stereocenters. The number of aliphatic imine (C=N–C) groups is 1. The first-order valence-corrected chi connectivity index (χ1v) is 15.7. The van der Waals surface area contributed by atoms with Crippen LogP contribution in [0.2, 0.25) is 0 Å². The van der Waals surface area contributed by atoms with Gasteiger partial charge in [0.25, 0.3) is 5.91 Å². The highest BCUT2D eigenvalue weighted by Gasteiger charge is 2.36. The van der Waals surface area contributed by atoms with E-state index in [-0.39, 0.29) is 49.3 Å². The fourth-order valence-electron chi connectivity index (χ4n) is 6.49. The molecule has 5 N–H and O–H groups in total. The molecule has 10 nitrogen and oxygen atoms in total. The quantitative estimate of drug-likeness (QED) is 0.176. The first-order chi connectivity index (χ1) is 20.8. The molecular formula is C33H42N4O6S. The van der Waals surface area contributed by atoms with E-state index in [1.807, 2.05) is 53.7 Å². The number of carbonyl (C=O) groups excluding carboxylic acids is 2. The minimum Gasteiger partial charge on any atom is -0.481 e. The van der Waals surface area contributed by atoms with Crippen LogP contribution < -0.4 is 10.6 Å². The van der Waals surface area contributed by atoms with Crippen LogP contribution in [-0.4, -0.2) is 50.7 Å². The van der Waals surface area contributed by atoms with Crippen molar-refractivity contribution in [2.75, 3.05) is 0 Å². The highest BCUT2D eigenvalue weighted by Crippen LogP contribution is 2.41. The lowest BCUT2D eigenvalue weighted by molar-refractivity contribution is -0.138. The number of aromatic nitrogens is 1. The van der Waals surface area contributed by atoms with Crippen LogP contribution in [0.3, 0.4) is 0 Å². The zero-order chi connectivity index (χ0) is 32.5. The van der Waals surface area contributed by atoms with Gasteiger partial charge in [-0.15, -0.1) is 0 Å². The van der Waals surface area contributed by atoms with Gasteiger partial charge in [-0.25, -0.2) is 0 Å². The Morgan fingerprint density at radius 1 is 1.00 bits per heavy atom. The van der Waals surface area contributed by atoms with Gasteiger partial charge < -0.3 is 25.8 Å². The molecule has 0 aromatic carbocycles. The number of aromatic amines is 1. The molecule has 4 heterocycles. The van der Waals surface area contributed by atoms with E-state index in [9.17, 15) is 29.4 Å². The molecule has 1 aromatic rings. The number of nitrogens with one attached hydrogen (secondary N) is 3. The molecule has 0 saturated carbocycles. The van der Waals surface area contributed by atoms with Crippen LogP contribution in [0.25, 0.3) is 6.08 Å². The van der Waals surface area contributed by atoms with Crippen molar-refractivity contribution in [2.45, 2.75) is 91.4 Å². The van der Waals surface area contributed by atoms with E-state index in [2.05, 4.69) is 15.6 Å². The number of allylic oxidation sites excluding steroid dienone is 4. The van der Waals surface area contributed by atoms with Crippen molar-refractivity contribution in [3.8, 4) is 0 Å². The van der Waals surface area contributed by atoms with E-state index in [1.165, 1.54) is 0 Å². The molecule has 236 valence electrons. The minimum atomic E-state index is -0.925. The Kier molecular flexibility index (Phi) is 10.1. The Labute approximate surface area is 263 Å². The number of carbonyl (C=O) groups is 4. The first kappa shape index (κ1) is 33.0. The maximum Gasteiger partial charge on any atom is 0.303 e. The molecule has 3 aliphatic rings. The van der Waals surface area contributed by atoms with Crippen LogP contribution in [0.4, 0.5) is 0 Å². The third kappa shape index (κ3) is 6.47. The van der Waals surface area contributed by atoms with Gasteiger partial charge in [-0.1, -0.05) is 20.8 Å². The van der Waals surface area contributed by atoms with E-state index in [1.54, 1.807) is 0 Å². The number of hydrogen-bond acceptors (Lipinski definition) is 6. The van der Waals surface area contributed by atoms with E-state index in [0.717, 1.165) is 51.2 Å². The number of thiol groups is 1. The highest BCUT2D eigenvalue weighted by molar-refractivity contribution is 7.80. The average Bonchev–Trinajstić information content (AvgIpc) is 3.63. The molecule has 44 heavy (non-hydrogen) atoms. The molecule has 0 radical (unpaired) electrons. The molecule has 4 atom stereocenters. The number of amides is 2. The number of nitrogens with zero attached hydrogens (tertiary/aromatic N) is 1. The topological polar surface area (TPSA) is 161 Å². The summed E-state index contributed by atoms with van der Waals surface area (Å²) in [4.78, 5) is 56.6. The first-order valence-electron chi connectivity index (χ1n) is 15.1. The molecule has 2 amide bonds. The molecule has 3 aliphatic heterocycles. The van der Waals surface area contributed by atoms with Crippen molar-refractivity contribution in [3.05, 3.63) is 62.3 Å². The standard InChI is InChI=1S/C33H42N4O6S/c1-7-19-18(6)32(42)37-26(19)14-24-17(5)22(10-12-28(40)41)30(35-24)31(44)29-21(9-11-27(38)39)16(4)23(34-29)13-25-15(3)20(8-2)33(43)36-25/h13-14,18-19,29,31,35,44H,7-12H2,1-6H3,(H,36,43)(H,37,42)(H,38,39)(H,40,41)/b25-13+,26-14-. The van der Waals surface area contributed by atoms with Crippen molar-refractivity contribution in [1.29, 1.82) is 0 Å². The van der Waals surface area contributed by atoms with E-state index in [0.29, 0.717) is 23.5 Å². The van der Waals surface area contributed by atoms with E-state index in [4.69, 9.17) is 17.6 Å². The Balaban J connectivity index is 1.79. The van der Waals surface area contributed by atoms with Crippen LogP contribution in [0, 0.1) is 18.8 Å². The maximum atomic E-state index is 12.4. The molecule has 0 aliphatic carbocycles. The summed E-state index contributed by atoms with van der Waals surface area (Å²) in [6.45, 7) is 11.6. The molecule has 1 fully saturated rings. The van der Waals surface area contributed by atoms with Crippen molar-refractivity contribution in [1.82, 2.24) is 15.6 Å². The summed E-state index contributed by atoms with van der Waals surface area (Å²) in [5, 5.41) is 24.4. The van der Waals surface area contributed by atoms with Crippen LogP contribution in [0.1, 0.15) is 94.5 Å². The zero-order valence-corrected chi connectivity index (χ0v) is 27.0. The van der Waals surface area contributed by atoms with Gasteiger partial charge in [-0.3, -0.25) is 24.2 Å². The Bertz CT molecular complexity index is 1560. The van der Waals surface area contributed by atoms with Gasteiger partial charge in [0.2, 0.25) is 5.91 Å². The zero-order valence-electron chi connectivity index (χ0n) is 26.1. The van der Waals surface area contributed by atoms with Crippen LogP contribution in [0.5, 0.6) is 0 Å². The fourth-order valence-corrected chi connectivity index (χ4v) is 6.95. The van der Waals surface area contributed by atoms with Crippen LogP contribution >= 0.6 is 12.6 Å². The second-order valence-corrected chi connectivity index (χ2v) is 12.3. The fraction of sp³-hybridized carbons (Fsp3) is 0.485. The molecule has 11 heteroatoms. The molecule has 4 rings (SSSR count). The monoisotopic (exact) mass is 622 g/mol. The molecular weight excluding hydrogens is 580 g/mol. The van der Waals surface area contributed by atoms with Gasteiger partial charge in [0.1, 0.15) is 0 Å². The molecule has 0 spiro atoms. The molecule has 1 aromatic heterocycles. The van der Waals surface area contributed by atoms with Gasteiger partial charge in [-0.05, 0) is 86.5 Å². The van der Waals surface area contributed by atoms with Gasteiger partial charge in [0.15, 0.2) is 0 Å². The average molecular weight is 623 g/mol. The third-order valence-electron chi connectivity index (χ3n) is 9.18. The second-order valence-electron chi connectivity index (χ2n) is 11.8. The smallest absolute Gasteiger partial charge is 0.303 e. The van der Waals surface area contributed by atoms with Crippen molar-refractivity contribution >= 4 is 48.2 Å². The van der Waals surface area contributed by atoms with Crippen LogP contribution in [0.15, 0.2) is 44.8 Å². The number of H-pyrrole nitrogens is 1. The van der Waals surface area contributed by atoms with E-state index >= 15 is 0 Å². The normalized spacial score (nSPS) is 24.4. The lowest BCUT2D eigenvalue weighted by Gasteiger charge is -2.21. The van der Waals surface area contributed by atoms with Gasteiger partial charge in [0.05, 0.1) is 17.0 Å². The summed E-state index contributed by atoms with van der Waals surface area (Å²) in [6.07, 6.45) is 5.54. The van der Waals surface area contributed by atoms with Crippen molar-refractivity contribution in [2.24, 2.45) is 16.8 Å². The van der Waals surface area contributed by atoms with Crippen molar-refractivity contribution in [3.63, 3.8) is 0 Å². The number of carboxylic acids is 2. The van der Waals surface area contributed by atoms with Crippen molar-refractivity contribution < 1.29 is 29.4 Å². The Morgan fingerprint density at radius 3 is 2.25 bits per heavy atom. The largest absolute Gasteiger partial charge is 0.481 e. The summed E-state index contributed by atoms with van der Waals surface area (Å²) < 4.78 is 0. The van der Waals surface area contributed by atoms with Crippen LogP contribution in [-0.2, 0) is 25.6 Å². The second kappa shape index (κ2) is 13.4.